The Hall–Kier alpha value is -0.690. The van der Waals surface area contributed by atoms with Crippen LogP contribution in [-0.4, -0.2) is 36.5 Å². The average molecular weight is 308 g/mol. The lowest BCUT2D eigenvalue weighted by Gasteiger charge is -2.36. The maximum atomic E-state index is 13.7. The molecule has 1 heterocycles. The maximum absolute atomic E-state index is 13.7. The van der Waals surface area contributed by atoms with E-state index in [0.717, 1.165) is 10.4 Å². The van der Waals surface area contributed by atoms with Crippen LogP contribution in [0.5, 0.6) is 0 Å². The van der Waals surface area contributed by atoms with E-state index in [1.165, 1.54) is 12.1 Å². The molecule has 1 unspecified atom stereocenters. The molecule has 4 nitrogen and oxygen atoms in total. The third-order valence-electron chi connectivity index (χ3n) is 3.16. The van der Waals surface area contributed by atoms with E-state index in [1.807, 2.05) is 0 Å². The van der Waals surface area contributed by atoms with Gasteiger partial charge in [-0.1, -0.05) is 17.7 Å². The third kappa shape index (κ3) is 2.91. The largest absolute Gasteiger partial charge is 0.389 e. The molecule has 0 spiro atoms. The highest BCUT2D eigenvalue weighted by molar-refractivity contribution is 7.89. The molecule has 2 rings (SSSR count). The summed E-state index contributed by atoms with van der Waals surface area (Å²) in [6.07, 6.45) is 1.04. The van der Waals surface area contributed by atoms with Gasteiger partial charge in [0.1, 0.15) is 10.7 Å². The van der Waals surface area contributed by atoms with Gasteiger partial charge in [0, 0.05) is 13.1 Å². The summed E-state index contributed by atoms with van der Waals surface area (Å²) in [5.74, 6) is -0.877. The summed E-state index contributed by atoms with van der Waals surface area (Å²) in [6, 6.07) is 3.74. The molecule has 7 heteroatoms. The minimum Gasteiger partial charge on any atom is -0.389 e. The Balaban J connectivity index is 2.43. The van der Waals surface area contributed by atoms with E-state index in [0.29, 0.717) is 12.8 Å². The molecule has 0 aromatic heterocycles. The molecule has 1 aromatic rings. The monoisotopic (exact) mass is 307 g/mol. The van der Waals surface area contributed by atoms with Crippen molar-refractivity contribution in [3.8, 4) is 0 Å². The lowest BCUT2D eigenvalue weighted by atomic mass is 9.97. The van der Waals surface area contributed by atoms with E-state index in [9.17, 15) is 17.9 Å². The van der Waals surface area contributed by atoms with E-state index in [1.54, 1.807) is 6.92 Å². The van der Waals surface area contributed by atoms with Crippen molar-refractivity contribution in [3.63, 3.8) is 0 Å². The molecule has 1 N–H and O–H groups in total. The van der Waals surface area contributed by atoms with Gasteiger partial charge in [0.15, 0.2) is 0 Å². The van der Waals surface area contributed by atoms with Crippen molar-refractivity contribution < 1.29 is 17.9 Å². The lowest BCUT2D eigenvalue weighted by Crippen LogP contribution is -2.48. The fourth-order valence-electron chi connectivity index (χ4n) is 2.24. The summed E-state index contributed by atoms with van der Waals surface area (Å²) >= 11 is 5.80. The molecule has 1 atom stereocenters. The Morgan fingerprint density at radius 3 is 2.74 bits per heavy atom. The highest BCUT2D eigenvalue weighted by Gasteiger charge is 2.37. The summed E-state index contributed by atoms with van der Waals surface area (Å²) in [7, 11) is -4.03. The van der Waals surface area contributed by atoms with Crippen LogP contribution in [0, 0.1) is 5.82 Å². The van der Waals surface area contributed by atoms with Crippen molar-refractivity contribution in [2.24, 2.45) is 0 Å². The van der Waals surface area contributed by atoms with Gasteiger partial charge in [-0.05, 0) is 31.9 Å². The van der Waals surface area contributed by atoms with Crippen molar-refractivity contribution in [2.75, 3.05) is 13.1 Å². The topological polar surface area (TPSA) is 57.6 Å². The molecule has 1 aromatic carbocycles. The van der Waals surface area contributed by atoms with Crippen LogP contribution in [0.2, 0.25) is 5.02 Å². The van der Waals surface area contributed by atoms with E-state index < -0.39 is 26.3 Å². The molecule has 0 radical (unpaired) electrons. The Bertz CT molecular complexity index is 568. The van der Waals surface area contributed by atoms with Crippen LogP contribution in [0.1, 0.15) is 19.8 Å². The predicted octanol–water partition coefficient (Wildman–Crippen LogP) is 2.01. The van der Waals surface area contributed by atoms with Gasteiger partial charge in [-0.2, -0.15) is 4.31 Å². The highest BCUT2D eigenvalue weighted by atomic mass is 35.5. The first kappa shape index (κ1) is 14.7. The third-order valence-corrected chi connectivity index (χ3v) is 5.51. The van der Waals surface area contributed by atoms with Gasteiger partial charge in [-0.15, -0.1) is 0 Å². The highest BCUT2D eigenvalue weighted by Crippen LogP contribution is 2.31. The molecular formula is C12H15ClFNO3S. The number of sulfonamides is 1. The van der Waals surface area contributed by atoms with E-state index in [2.05, 4.69) is 0 Å². The summed E-state index contributed by atoms with van der Waals surface area (Å²) < 4.78 is 39.6. The molecule has 1 aliphatic heterocycles. The van der Waals surface area contributed by atoms with Crippen LogP contribution in [0.4, 0.5) is 4.39 Å². The molecule has 0 saturated carbocycles. The van der Waals surface area contributed by atoms with Crippen LogP contribution in [-0.2, 0) is 10.0 Å². The van der Waals surface area contributed by atoms with Crippen LogP contribution >= 0.6 is 11.6 Å². The Morgan fingerprint density at radius 2 is 2.16 bits per heavy atom. The number of piperidine rings is 1. The number of aliphatic hydroxyl groups is 1. The quantitative estimate of drug-likeness (QED) is 0.909. The normalized spacial score (nSPS) is 25.5. The molecular weight excluding hydrogens is 293 g/mol. The molecule has 1 saturated heterocycles. The molecule has 0 amide bonds. The van der Waals surface area contributed by atoms with E-state index in [4.69, 9.17) is 11.6 Å². The molecule has 0 bridgehead atoms. The summed E-state index contributed by atoms with van der Waals surface area (Å²) in [5.41, 5.74) is -1.09. The van der Waals surface area contributed by atoms with Gasteiger partial charge >= 0.3 is 0 Å². The van der Waals surface area contributed by atoms with Crippen molar-refractivity contribution in [3.05, 3.63) is 29.0 Å². The Morgan fingerprint density at radius 1 is 1.47 bits per heavy atom. The molecule has 1 aliphatic rings. The predicted molar refractivity (Wildman–Crippen MR) is 70.0 cm³/mol. The summed E-state index contributed by atoms with van der Waals surface area (Å²) in [5, 5.41) is 9.81. The van der Waals surface area contributed by atoms with Crippen LogP contribution in [0.15, 0.2) is 23.1 Å². The van der Waals surface area contributed by atoms with Crippen molar-refractivity contribution >= 4 is 21.6 Å². The Kier molecular flexibility index (Phi) is 3.88. The number of halogens is 2. The van der Waals surface area contributed by atoms with Crippen LogP contribution in [0.3, 0.4) is 0 Å². The van der Waals surface area contributed by atoms with Gasteiger partial charge < -0.3 is 5.11 Å². The fourth-order valence-corrected chi connectivity index (χ4v) is 4.40. The molecule has 0 aliphatic carbocycles. The summed E-state index contributed by atoms with van der Waals surface area (Å²) in [4.78, 5) is -0.519. The fraction of sp³-hybridized carbons (Fsp3) is 0.500. The standard InChI is InChI=1S/C12H15ClFNO3S/c1-12(16)6-3-7-15(8-12)19(17,18)11-9(13)4-2-5-10(11)14/h2,4-5,16H,3,6-8H2,1H3. The van der Waals surface area contributed by atoms with Crippen LogP contribution in [0.25, 0.3) is 0 Å². The first-order valence-electron chi connectivity index (χ1n) is 5.91. The van der Waals surface area contributed by atoms with E-state index in [-0.39, 0.29) is 18.1 Å². The second-order valence-electron chi connectivity index (χ2n) is 4.99. The van der Waals surface area contributed by atoms with Crippen molar-refractivity contribution in [1.82, 2.24) is 4.31 Å². The molecule has 1 fully saturated rings. The van der Waals surface area contributed by atoms with Gasteiger partial charge in [0.2, 0.25) is 10.0 Å². The zero-order chi connectivity index (χ0) is 14.3. The minimum absolute atomic E-state index is 0.0556. The number of rotatable bonds is 2. The number of benzene rings is 1. The smallest absolute Gasteiger partial charge is 0.247 e. The lowest BCUT2D eigenvalue weighted by molar-refractivity contribution is 0.00934. The maximum Gasteiger partial charge on any atom is 0.247 e. The van der Waals surface area contributed by atoms with E-state index >= 15 is 0 Å². The van der Waals surface area contributed by atoms with Crippen molar-refractivity contribution in [1.29, 1.82) is 0 Å². The number of hydrogen-bond donors (Lipinski definition) is 1. The number of β-amino-alcohol motifs (C(OH)–C–C–N with tert-alkyl or cyclic N) is 1. The second-order valence-corrected chi connectivity index (χ2v) is 7.27. The zero-order valence-corrected chi connectivity index (χ0v) is 12.0. The van der Waals surface area contributed by atoms with Crippen molar-refractivity contribution in [2.45, 2.75) is 30.3 Å². The first-order chi connectivity index (χ1) is 8.74. The van der Waals surface area contributed by atoms with Gasteiger partial charge in [-0.25, -0.2) is 12.8 Å². The second kappa shape index (κ2) is 5.01. The SMILES string of the molecule is CC1(O)CCCN(S(=O)(=O)c2c(F)cccc2Cl)C1. The van der Waals surface area contributed by atoms with Gasteiger partial charge in [0.05, 0.1) is 10.6 Å². The average Bonchev–Trinajstić information content (AvgIpc) is 2.27. The molecule has 19 heavy (non-hydrogen) atoms. The first-order valence-corrected chi connectivity index (χ1v) is 7.72. The van der Waals surface area contributed by atoms with Gasteiger partial charge in [-0.3, -0.25) is 0 Å². The van der Waals surface area contributed by atoms with Gasteiger partial charge in [0.25, 0.3) is 0 Å². The number of hydrogen-bond acceptors (Lipinski definition) is 3. The van der Waals surface area contributed by atoms with Crippen LogP contribution < -0.4 is 0 Å². The molecule has 106 valence electrons. The minimum atomic E-state index is -4.03. The number of nitrogens with zero attached hydrogens (tertiary/aromatic N) is 1. The summed E-state index contributed by atoms with van der Waals surface area (Å²) in [6.45, 7) is 1.76. The Labute approximate surface area is 116 Å². The zero-order valence-electron chi connectivity index (χ0n) is 10.4.